The molecular formula is C22H38IN5O2. The molecule has 170 valence electrons. The molecule has 3 rings (SSSR count). The van der Waals surface area contributed by atoms with Crippen LogP contribution >= 0.6 is 24.0 Å². The van der Waals surface area contributed by atoms with Crippen molar-refractivity contribution in [1.82, 2.24) is 15.6 Å². The lowest BCUT2D eigenvalue weighted by atomic mass is 9.67. The van der Waals surface area contributed by atoms with Crippen LogP contribution in [0.4, 0.5) is 5.82 Å². The SMILES string of the molecule is CCNC(=NCc1ccc(N2CCOC(C)C2)nc1)NCC1(CCOC)CCC1.I. The Hall–Kier alpha value is -1.13. The average Bonchev–Trinajstić information content (AvgIpc) is 2.71. The number of rotatable bonds is 9. The molecule has 1 aliphatic carbocycles. The Morgan fingerprint density at radius 2 is 2.20 bits per heavy atom. The zero-order valence-corrected chi connectivity index (χ0v) is 21.0. The van der Waals surface area contributed by atoms with E-state index >= 15 is 0 Å². The first-order valence-corrected chi connectivity index (χ1v) is 11.0. The second kappa shape index (κ2) is 12.7. The molecule has 1 atom stereocenters. The fourth-order valence-electron chi connectivity index (χ4n) is 4.02. The Labute approximate surface area is 198 Å². The van der Waals surface area contributed by atoms with Crippen molar-refractivity contribution in [3.63, 3.8) is 0 Å². The van der Waals surface area contributed by atoms with E-state index in [9.17, 15) is 0 Å². The first-order chi connectivity index (χ1) is 14.1. The molecule has 1 aromatic rings. The predicted molar refractivity (Wildman–Crippen MR) is 133 cm³/mol. The summed E-state index contributed by atoms with van der Waals surface area (Å²) in [5, 5.41) is 6.91. The fraction of sp³-hybridized carbons (Fsp3) is 0.727. The number of pyridine rings is 1. The largest absolute Gasteiger partial charge is 0.385 e. The lowest BCUT2D eigenvalue weighted by Gasteiger charge is -2.42. The summed E-state index contributed by atoms with van der Waals surface area (Å²) in [7, 11) is 1.78. The van der Waals surface area contributed by atoms with E-state index in [1.807, 2.05) is 6.20 Å². The van der Waals surface area contributed by atoms with E-state index in [4.69, 9.17) is 14.5 Å². The number of halogens is 1. The second-order valence-electron chi connectivity index (χ2n) is 8.30. The van der Waals surface area contributed by atoms with E-state index in [2.05, 4.69) is 46.5 Å². The van der Waals surface area contributed by atoms with E-state index in [0.29, 0.717) is 12.0 Å². The molecule has 30 heavy (non-hydrogen) atoms. The van der Waals surface area contributed by atoms with Crippen molar-refractivity contribution >= 4 is 35.8 Å². The van der Waals surface area contributed by atoms with Gasteiger partial charge in [-0.1, -0.05) is 12.5 Å². The first kappa shape index (κ1) is 25.1. The summed E-state index contributed by atoms with van der Waals surface area (Å²) >= 11 is 0. The molecule has 8 heteroatoms. The Morgan fingerprint density at radius 3 is 2.80 bits per heavy atom. The van der Waals surface area contributed by atoms with Crippen LogP contribution < -0.4 is 15.5 Å². The molecule has 2 aliphatic rings. The maximum atomic E-state index is 5.61. The van der Waals surface area contributed by atoms with E-state index in [0.717, 1.165) is 63.2 Å². The Kier molecular flexibility index (Phi) is 10.6. The van der Waals surface area contributed by atoms with Crippen molar-refractivity contribution in [3.05, 3.63) is 23.9 Å². The maximum Gasteiger partial charge on any atom is 0.191 e. The van der Waals surface area contributed by atoms with Crippen LogP contribution in [0.25, 0.3) is 0 Å². The van der Waals surface area contributed by atoms with Gasteiger partial charge in [0.05, 0.1) is 19.3 Å². The number of guanidine groups is 1. The number of hydrogen-bond acceptors (Lipinski definition) is 5. The molecule has 2 heterocycles. The molecule has 0 radical (unpaired) electrons. The van der Waals surface area contributed by atoms with Gasteiger partial charge in [0.15, 0.2) is 5.96 Å². The van der Waals surface area contributed by atoms with Gasteiger partial charge in [0.25, 0.3) is 0 Å². The number of nitrogens with zero attached hydrogens (tertiary/aromatic N) is 3. The van der Waals surface area contributed by atoms with Crippen LogP contribution in [0.5, 0.6) is 0 Å². The van der Waals surface area contributed by atoms with Gasteiger partial charge in [0.2, 0.25) is 0 Å². The summed E-state index contributed by atoms with van der Waals surface area (Å²) in [5.74, 6) is 1.89. The van der Waals surface area contributed by atoms with Crippen molar-refractivity contribution in [1.29, 1.82) is 0 Å². The van der Waals surface area contributed by atoms with E-state index in [1.54, 1.807) is 7.11 Å². The van der Waals surface area contributed by atoms with Crippen molar-refractivity contribution in [3.8, 4) is 0 Å². The quantitative estimate of drug-likeness (QED) is 0.290. The third-order valence-electron chi connectivity index (χ3n) is 6.02. The van der Waals surface area contributed by atoms with Gasteiger partial charge >= 0.3 is 0 Å². The van der Waals surface area contributed by atoms with Gasteiger partial charge in [-0.3, -0.25) is 0 Å². The Balaban J connectivity index is 0.00000320. The summed E-state index contributed by atoms with van der Waals surface area (Å²) in [6.07, 6.45) is 7.17. The highest BCUT2D eigenvalue weighted by Gasteiger charge is 2.36. The lowest BCUT2D eigenvalue weighted by Crippen LogP contribution is -2.46. The standard InChI is InChI=1S/C22H37N5O2.HI/c1-4-23-21(26-17-22(8-5-9-22)10-12-28-3)25-15-19-6-7-20(24-14-19)27-11-13-29-18(2)16-27;/h6-7,14,18H,4-5,8-13,15-17H2,1-3H3,(H2,23,25,26);1H. The highest BCUT2D eigenvalue weighted by Crippen LogP contribution is 2.43. The van der Waals surface area contributed by atoms with Gasteiger partial charge in [-0.25, -0.2) is 9.98 Å². The zero-order chi connectivity index (χ0) is 20.5. The summed E-state index contributed by atoms with van der Waals surface area (Å²) in [6, 6.07) is 4.22. The Morgan fingerprint density at radius 1 is 1.37 bits per heavy atom. The molecule has 1 aromatic heterocycles. The van der Waals surface area contributed by atoms with Crippen LogP contribution in [0.1, 0.15) is 45.1 Å². The Bertz CT molecular complexity index is 651. The minimum Gasteiger partial charge on any atom is -0.385 e. The van der Waals surface area contributed by atoms with Crippen LogP contribution in [-0.4, -0.2) is 63.6 Å². The van der Waals surface area contributed by atoms with Crippen LogP contribution in [0.3, 0.4) is 0 Å². The summed E-state index contributed by atoms with van der Waals surface area (Å²) in [4.78, 5) is 11.7. The number of methoxy groups -OCH3 is 1. The fourth-order valence-corrected chi connectivity index (χ4v) is 4.02. The van der Waals surface area contributed by atoms with Crippen molar-refractivity contribution in [2.24, 2.45) is 10.4 Å². The molecule has 2 fully saturated rings. The maximum absolute atomic E-state index is 5.61. The molecule has 0 aromatic carbocycles. The number of ether oxygens (including phenoxy) is 2. The molecule has 0 amide bonds. The highest BCUT2D eigenvalue weighted by molar-refractivity contribution is 14.0. The number of hydrogen-bond donors (Lipinski definition) is 2. The molecule has 1 unspecified atom stereocenters. The normalized spacial score (nSPS) is 20.8. The van der Waals surface area contributed by atoms with Gasteiger partial charge in [0.1, 0.15) is 5.82 Å². The minimum atomic E-state index is 0. The van der Waals surface area contributed by atoms with Gasteiger partial charge < -0.3 is 25.0 Å². The summed E-state index contributed by atoms with van der Waals surface area (Å²) < 4.78 is 10.9. The number of anilines is 1. The summed E-state index contributed by atoms with van der Waals surface area (Å²) in [5.41, 5.74) is 1.48. The van der Waals surface area contributed by atoms with E-state index in [-0.39, 0.29) is 30.1 Å². The zero-order valence-electron chi connectivity index (χ0n) is 18.7. The lowest BCUT2D eigenvalue weighted by molar-refractivity contribution is 0.0529. The van der Waals surface area contributed by atoms with Gasteiger partial charge in [-0.2, -0.15) is 0 Å². The van der Waals surface area contributed by atoms with Crippen molar-refractivity contribution in [2.75, 3.05) is 51.4 Å². The molecule has 1 saturated heterocycles. The smallest absolute Gasteiger partial charge is 0.191 e. The molecule has 2 N–H and O–H groups in total. The molecule has 0 bridgehead atoms. The second-order valence-corrected chi connectivity index (χ2v) is 8.30. The minimum absolute atomic E-state index is 0. The van der Waals surface area contributed by atoms with Gasteiger partial charge in [-0.15, -0.1) is 24.0 Å². The van der Waals surface area contributed by atoms with Crippen molar-refractivity contribution < 1.29 is 9.47 Å². The van der Waals surface area contributed by atoms with Gasteiger partial charge in [0, 0.05) is 46.1 Å². The number of morpholine rings is 1. The van der Waals surface area contributed by atoms with Gasteiger partial charge in [-0.05, 0) is 50.2 Å². The van der Waals surface area contributed by atoms with Crippen LogP contribution in [0.2, 0.25) is 0 Å². The van der Waals surface area contributed by atoms with E-state index < -0.39 is 0 Å². The van der Waals surface area contributed by atoms with Crippen LogP contribution in [0, 0.1) is 5.41 Å². The van der Waals surface area contributed by atoms with Crippen molar-refractivity contribution in [2.45, 2.75) is 52.2 Å². The van der Waals surface area contributed by atoms with Crippen LogP contribution in [-0.2, 0) is 16.0 Å². The third kappa shape index (κ3) is 7.23. The molecule has 1 saturated carbocycles. The molecular weight excluding hydrogens is 493 g/mol. The highest BCUT2D eigenvalue weighted by atomic mass is 127. The van der Waals surface area contributed by atoms with Crippen LogP contribution in [0.15, 0.2) is 23.3 Å². The first-order valence-electron chi connectivity index (χ1n) is 11.0. The average molecular weight is 531 g/mol. The number of nitrogens with one attached hydrogen (secondary N) is 2. The van der Waals surface area contributed by atoms with E-state index in [1.165, 1.54) is 19.3 Å². The molecule has 1 aliphatic heterocycles. The molecule has 0 spiro atoms. The monoisotopic (exact) mass is 531 g/mol. The topological polar surface area (TPSA) is 71.0 Å². The number of aromatic nitrogens is 1. The summed E-state index contributed by atoms with van der Waals surface area (Å²) in [6.45, 7) is 10.0. The molecule has 7 nitrogen and oxygen atoms in total. The third-order valence-corrected chi connectivity index (χ3v) is 6.02. The predicted octanol–water partition coefficient (Wildman–Crippen LogP) is 3.19. The number of aliphatic imine (C=N–C) groups is 1.